The fourth-order valence-electron chi connectivity index (χ4n) is 3.02. The zero-order chi connectivity index (χ0) is 15.4. The van der Waals surface area contributed by atoms with Crippen molar-refractivity contribution in [3.05, 3.63) is 70.8 Å². The van der Waals surface area contributed by atoms with E-state index in [1.54, 1.807) is 0 Å². The first kappa shape index (κ1) is 15.1. The van der Waals surface area contributed by atoms with Gasteiger partial charge < -0.3 is 4.74 Å². The number of hydrogen-bond acceptors (Lipinski definition) is 2. The molecule has 0 saturated heterocycles. The number of carbonyl (C=O) groups is 1. The van der Waals surface area contributed by atoms with Crippen LogP contribution >= 0.6 is 11.6 Å². The zero-order valence-electron chi connectivity index (χ0n) is 12.4. The van der Waals surface area contributed by atoms with E-state index >= 15 is 0 Å². The summed E-state index contributed by atoms with van der Waals surface area (Å²) in [5.41, 5.74) is 4.85. The van der Waals surface area contributed by atoms with Gasteiger partial charge in [0.15, 0.2) is 0 Å². The quantitative estimate of drug-likeness (QED) is 0.608. The van der Waals surface area contributed by atoms with Crippen molar-refractivity contribution in [2.75, 3.05) is 0 Å². The van der Waals surface area contributed by atoms with E-state index in [0.717, 1.165) is 24.0 Å². The summed E-state index contributed by atoms with van der Waals surface area (Å²) in [4.78, 5) is 12.0. The van der Waals surface area contributed by atoms with Gasteiger partial charge >= 0.3 is 5.97 Å². The molecule has 0 bridgehead atoms. The summed E-state index contributed by atoms with van der Waals surface area (Å²) >= 11 is 5.87. The van der Waals surface area contributed by atoms with Gasteiger partial charge in [-0.15, -0.1) is 11.6 Å². The summed E-state index contributed by atoms with van der Waals surface area (Å²) < 4.78 is 5.37. The van der Waals surface area contributed by atoms with Crippen molar-refractivity contribution in [3.63, 3.8) is 0 Å². The van der Waals surface area contributed by atoms with Crippen LogP contribution < -0.4 is 0 Å². The number of benzene rings is 2. The smallest absolute Gasteiger partial charge is 0.306 e. The second-order valence-electron chi connectivity index (χ2n) is 5.86. The lowest BCUT2D eigenvalue weighted by Gasteiger charge is -2.09. The first-order chi connectivity index (χ1) is 10.7. The van der Waals surface area contributed by atoms with Crippen molar-refractivity contribution >= 4 is 17.6 Å². The summed E-state index contributed by atoms with van der Waals surface area (Å²) in [6.45, 7) is 0.357. The Balaban J connectivity index is 1.51. The van der Waals surface area contributed by atoms with Crippen molar-refractivity contribution in [1.82, 2.24) is 0 Å². The zero-order valence-corrected chi connectivity index (χ0v) is 13.2. The maximum absolute atomic E-state index is 12.0. The number of fused-ring (bicyclic) bond motifs is 1. The number of carbonyl (C=O) groups excluding carboxylic acids is 1. The van der Waals surface area contributed by atoms with Gasteiger partial charge in [0.1, 0.15) is 6.61 Å². The first-order valence-electron chi connectivity index (χ1n) is 7.61. The molecule has 0 unspecified atom stereocenters. The average molecular weight is 315 g/mol. The lowest BCUT2D eigenvalue weighted by molar-refractivity contribution is -0.146. The van der Waals surface area contributed by atoms with Gasteiger partial charge in [0, 0.05) is 12.3 Å². The van der Waals surface area contributed by atoms with E-state index in [2.05, 4.69) is 18.2 Å². The van der Waals surface area contributed by atoms with Gasteiger partial charge in [0.2, 0.25) is 0 Å². The van der Waals surface area contributed by atoms with Crippen LogP contribution in [0.5, 0.6) is 0 Å². The fourth-order valence-corrected chi connectivity index (χ4v) is 3.19. The van der Waals surface area contributed by atoms with Gasteiger partial charge in [0.05, 0.1) is 0 Å². The van der Waals surface area contributed by atoms with Gasteiger partial charge in [-0.1, -0.05) is 48.5 Å². The van der Waals surface area contributed by atoms with Crippen LogP contribution in [-0.2, 0) is 34.9 Å². The van der Waals surface area contributed by atoms with Gasteiger partial charge in [0.25, 0.3) is 0 Å². The van der Waals surface area contributed by atoms with Crippen LogP contribution in [0.3, 0.4) is 0 Å². The summed E-state index contributed by atoms with van der Waals surface area (Å²) in [7, 11) is 0. The van der Waals surface area contributed by atoms with Crippen LogP contribution in [0.1, 0.15) is 28.7 Å². The van der Waals surface area contributed by atoms with Crippen LogP contribution in [0.2, 0.25) is 0 Å². The molecule has 2 aromatic rings. The molecule has 1 atom stereocenters. The molecule has 0 fully saturated rings. The van der Waals surface area contributed by atoms with E-state index < -0.39 is 0 Å². The molecule has 2 nitrogen and oxygen atoms in total. The molecule has 22 heavy (non-hydrogen) atoms. The topological polar surface area (TPSA) is 26.3 Å². The molecule has 1 aliphatic carbocycles. The largest absolute Gasteiger partial charge is 0.461 e. The summed E-state index contributed by atoms with van der Waals surface area (Å²) in [5.74, 6) is 0.778. The molecule has 0 aliphatic heterocycles. The predicted octanol–water partition coefficient (Wildman–Crippen LogP) is 4.27. The Hall–Kier alpha value is -1.80. The van der Waals surface area contributed by atoms with Gasteiger partial charge in [-0.3, -0.25) is 4.79 Å². The average Bonchev–Trinajstić information content (AvgIpc) is 2.95. The molecule has 0 radical (unpaired) electrons. The second kappa shape index (κ2) is 6.97. The highest BCUT2D eigenvalue weighted by Crippen LogP contribution is 2.30. The lowest BCUT2D eigenvalue weighted by atomic mass is 10.0. The number of alkyl halides is 1. The van der Waals surface area contributed by atoms with E-state index in [4.69, 9.17) is 16.3 Å². The van der Waals surface area contributed by atoms with E-state index in [9.17, 15) is 4.79 Å². The Bertz CT molecular complexity index is 652. The van der Waals surface area contributed by atoms with Crippen molar-refractivity contribution in [2.45, 2.75) is 31.7 Å². The highest BCUT2D eigenvalue weighted by atomic mass is 35.5. The molecule has 3 rings (SSSR count). The molecule has 0 aromatic heterocycles. The first-order valence-corrected chi connectivity index (χ1v) is 8.14. The third kappa shape index (κ3) is 3.69. The van der Waals surface area contributed by atoms with Crippen LogP contribution in [0.15, 0.2) is 48.5 Å². The van der Waals surface area contributed by atoms with E-state index in [-0.39, 0.29) is 5.97 Å². The van der Waals surface area contributed by atoms with Gasteiger partial charge in [-0.25, -0.2) is 0 Å². The second-order valence-corrected chi connectivity index (χ2v) is 6.13. The number of ether oxygens (including phenoxy) is 1. The Morgan fingerprint density at radius 1 is 1.05 bits per heavy atom. The molecule has 0 heterocycles. The molecule has 3 heteroatoms. The SMILES string of the molecule is O=C(C[C@H]1Cc2ccc(CCl)cc2C1)OCc1ccccc1. The van der Waals surface area contributed by atoms with Gasteiger partial charge in [-0.2, -0.15) is 0 Å². The third-order valence-corrected chi connectivity index (χ3v) is 4.45. The van der Waals surface area contributed by atoms with Crippen molar-refractivity contribution in [2.24, 2.45) is 5.92 Å². The number of hydrogen-bond donors (Lipinski definition) is 0. The maximum Gasteiger partial charge on any atom is 0.306 e. The lowest BCUT2D eigenvalue weighted by Crippen LogP contribution is -2.11. The minimum absolute atomic E-state index is 0.112. The normalized spacial score (nSPS) is 16.3. The molecule has 0 spiro atoms. The highest BCUT2D eigenvalue weighted by molar-refractivity contribution is 6.17. The Morgan fingerprint density at radius 3 is 2.59 bits per heavy atom. The monoisotopic (exact) mass is 314 g/mol. The van der Waals surface area contributed by atoms with E-state index in [1.807, 2.05) is 30.3 Å². The number of esters is 1. The van der Waals surface area contributed by atoms with Crippen LogP contribution in [0.25, 0.3) is 0 Å². The van der Waals surface area contributed by atoms with Crippen LogP contribution in [0.4, 0.5) is 0 Å². The fraction of sp³-hybridized carbons (Fsp3) is 0.316. The molecule has 0 N–H and O–H groups in total. The van der Waals surface area contributed by atoms with Gasteiger partial charge in [-0.05, 0) is 41.0 Å². The summed E-state index contributed by atoms with van der Waals surface area (Å²) in [5, 5.41) is 0. The van der Waals surface area contributed by atoms with Crippen molar-refractivity contribution < 1.29 is 9.53 Å². The molecule has 0 amide bonds. The summed E-state index contributed by atoms with van der Waals surface area (Å²) in [6.07, 6.45) is 2.39. The van der Waals surface area contributed by atoms with Crippen molar-refractivity contribution in [1.29, 1.82) is 0 Å². The predicted molar refractivity (Wildman–Crippen MR) is 87.8 cm³/mol. The maximum atomic E-state index is 12.0. The standard InChI is InChI=1S/C19H19ClO2/c20-12-15-6-7-17-9-16(10-18(17)8-15)11-19(21)22-13-14-4-2-1-3-5-14/h1-8,16H,9-13H2/t16-/m0/s1. The van der Waals surface area contributed by atoms with Crippen molar-refractivity contribution in [3.8, 4) is 0 Å². The third-order valence-electron chi connectivity index (χ3n) is 4.14. The Labute approximate surface area is 136 Å². The minimum Gasteiger partial charge on any atom is -0.461 e. The Kier molecular flexibility index (Phi) is 4.79. The minimum atomic E-state index is -0.112. The van der Waals surface area contributed by atoms with Crippen LogP contribution in [0, 0.1) is 5.92 Å². The number of halogens is 1. The Morgan fingerprint density at radius 2 is 1.82 bits per heavy atom. The van der Waals surface area contributed by atoms with Crippen LogP contribution in [-0.4, -0.2) is 5.97 Å². The number of rotatable bonds is 5. The summed E-state index contributed by atoms with van der Waals surface area (Å²) in [6, 6.07) is 16.2. The molecular weight excluding hydrogens is 296 g/mol. The van der Waals surface area contributed by atoms with E-state index in [0.29, 0.717) is 24.8 Å². The van der Waals surface area contributed by atoms with E-state index in [1.165, 1.54) is 11.1 Å². The highest BCUT2D eigenvalue weighted by Gasteiger charge is 2.24. The molecule has 1 aliphatic rings. The molecule has 2 aromatic carbocycles. The molecular formula is C19H19ClO2. The molecule has 0 saturated carbocycles. The molecule has 114 valence electrons.